The molecule has 4 heteroatoms. The van der Waals surface area contributed by atoms with Gasteiger partial charge in [-0.3, -0.25) is 0 Å². The normalized spacial score (nSPS) is 11.5. The molecule has 0 aliphatic carbocycles. The fourth-order valence-electron chi connectivity index (χ4n) is 2.32. The lowest BCUT2D eigenvalue weighted by molar-refractivity contribution is 0.134. The highest BCUT2D eigenvalue weighted by molar-refractivity contribution is 7.79. The van der Waals surface area contributed by atoms with Gasteiger partial charge in [-0.2, -0.15) is 0 Å². The molecule has 0 aliphatic heterocycles. The van der Waals surface area contributed by atoms with Gasteiger partial charge >= 0.3 is 0 Å². The molecule has 0 saturated heterocycles. The van der Waals surface area contributed by atoms with E-state index in [1.807, 2.05) is 0 Å². The molecule has 0 heterocycles. The van der Waals surface area contributed by atoms with Gasteiger partial charge < -0.3 is 9.63 Å². The molecule has 0 fully saturated rings. The number of aliphatic hydroxyl groups is 1. The second-order valence-electron chi connectivity index (χ2n) is 5.52. The first kappa shape index (κ1) is 19.8. The largest absolute Gasteiger partial charge is 0.391 e. The van der Waals surface area contributed by atoms with Crippen molar-refractivity contribution in [2.45, 2.75) is 13.0 Å². The van der Waals surface area contributed by atoms with Gasteiger partial charge in [0.15, 0.2) is 0 Å². The van der Waals surface area contributed by atoms with E-state index in [-0.39, 0.29) is 6.10 Å². The molecule has 3 aromatic carbocycles. The zero-order valence-electron chi connectivity index (χ0n) is 14.3. The molecule has 0 radical (unpaired) electrons. The summed E-state index contributed by atoms with van der Waals surface area (Å²) in [5.74, 6) is 0. The molecule has 0 spiro atoms. The van der Waals surface area contributed by atoms with Crippen LogP contribution in [0.2, 0.25) is 0 Å². The summed E-state index contributed by atoms with van der Waals surface area (Å²) in [6.07, 6.45) is -0.345. The average Bonchev–Trinajstić information content (AvgIpc) is 2.65. The molecule has 1 N–H and O–H groups in total. The summed E-state index contributed by atoms with van der Waals surface area (Å²) in [6, 6.07) is 32.3. The SMILES string of the molecule is C[C@@H](O)COP.c1ccc(P(c2ccccc2)c2ccccc2)cc1. The summed E-state index contributed by atoms with van der Waals surface area (Å²) < 4.78 is 4.47. The Morgan fingerprint density at radius 2 is 1.08 bits per heavy atom. The Morgan fingerprint density at radius 1 is 0.760 bits per heavy atom. The molecule has 25 heavy (non-hydrogen) atoms. The van der Waals surface area contributed by atoms with Gasteiger partial charge in [0.2, 0.25) is 0 Å². The second kappa shape index (κ2) is 11.1. The van der Waals surface area contributed by atoms with Crippen LogP contribution in [-0.4, -0.2) is 17.8 Å². The van der Waals surface area contributed by atoms with Crippen molar-refractivity contribution in [1.82, 2.24) is 0 Å². The van der Waals surface area contributed by atoms with Gasteiger partial charge in [-0.15, -0.1) is 0 Å². The molecule has 3 rings (SSSR count). The van der Waals surface area contributed by atoms with E-state index in [0.717, 1.165) is 0 Å². The number of rotatable bonds is 5. The Kier molecular flexibility index (Phi) is 8.80. The van der Waals surface area contributed by atoms with Crippen molar-refractivity contribution in [3.05, 3.63) is 91.0 Å². The second-order valence-corrected chi connectivity index (χ2v) is 8.08. The lowest BCUT2D eigenvalue weighted by Gasteiger charge is -2.18. The van der Waals surface area contributed by atoms with Crippen molar-refractivity contribution in [3.63, 3.8) is 0 Å². The topological polar surface area (TPSA) is 29.5 Å². The van der Waals surface area contributed by atoms with Crippen LogP contribution in [0.15, 0.2) is 91.0 Å². The fourth-order valence-corrected chi connectivity index (χ4v) is 4.90. The van der Waals surface area contributed by atoms with Crippen molar-refractivity contribution >= 4 is 33.3 Å². The molecule has 2 atom stereocenters. The Balaban J connectivity index is 0.000000326. The van der Waals surface area contributed by atoms with Crippen molar-refractivity contribution in [2.24, 2.45) is 0 Å². The summed E-state index contributed by atoms with van der Waals surface area (Å²) in [5, 5.41) is 12.6. The highest BCUT2D eigenvalue weighted by Gasteiger charge is 2.14. The number of hydrogen-bond donors (Lipinski definition) is 1. The third kappa shape index (κ3) is 6.69. The Labute approximate surface area is 153 Å². The van der Waals surface area contributed by atoms with Gasteiger partial charge in [0.25, 0.3) is 0 Å². The zero-order valence-corrected chi connectivity index (χ0v) is 16.4. The summed E-state index contributed by atoms with van der Waals surface area (Å²) in [7, 11) is 1.62. The van der Waals surface area contributed by atoms with Crippen molar-refractivity contribution < 1.29 is 9.63 Å². The van der Waals surface area contributed by atoms with E-state index in [2.05, 4.69) is 105 Å². The van der Waals surface area contributed by atoms with Crippen LogP contribution < -0.4 is 15.9 Å². The summed E-state index contributed by atoms with van der Waals surface area (Å²) in [4.78, 5) is 0. The average molecular weight is 370 g/mol. The molecule has 0 aliphatic rings. The molecule has 0 aromatic heterocycles. The minimum atomic E-state index is -0.446. The van der Waals surface area contributed by atoms with Gasteiger partial charge in [0.05, 0.1) is 12.7 Å². The van der Waals surface area contributed by atoms with Crippen LogP contribution in [0.5, 0.6) is 0 Å². The van der Waals surface area contributed by atoms with E-state index in [1.165, 1.54) is 15.9 Å². The monoisotopic (exact) mass is 370 g/mol. The third-order valence-electron chi connectivity index (χ3n) is 3.38. The first-order valence-electron chi connectivity index (χ1n) is 8.17. The van der Waals surface area contributed by atoms with Crippen molar-refractivity contribution in [1.29, 1.82) is 0 Å². The van der Waals surface area contributed by atoms with Crippen LogP contribution in [0.25, 0.3) is 0 Å². The van der Waals surface area contributed by atoms with Crippen LogP contribution in [0, 0.1) is 0 Å². The van der Waals surface area contributed by atoms with Crippen molar-refractivity contribution in [2.75, 3.05) is 6.61 Å². The Morgan fingerprint density at radius 3 is 1.28 bits per heavy atom. The molecule has 0 bridgehead atoms. The molecule has 130 valence electrons. The smallest absolute Gasteiger partial charge is 0.0759 e. The molecule has 1 unspecified atom stereocenters. The number of benzene rings is 3. The molecule has 0 amide bonds. The van der Waals surface area contributed by atoms with Crippen LogP contribution in [-0.2, 0) is 4.52 Å². The Hall–Kier alpha value is -1.56. The van der Waals surface area contributed by atoms with Crippen LogP contribution in [0.4, 0.5) is 0 Å². The Bertz CT molecular complexity index is 610. The summed E-state index contributed by atoms with van der Waals surface area (Å²) >= 11 is 0. The predicted octanol–water partition coefficient (Wildman–Crippen LogP) is 3.62. The van der Waals surface area contributed by atoms with E-state index in [0.29, 0.717) is 6.61 Å². The minimum Gasteiger partial charge on any atom is -0.391 e. The van der Waals surface area contributed by atoms with E-state index in [4.69, 9.17) is 5.11 Å². The van der Waals surface area contributed by atoms with Gasteiger partial charge in [-0.1, -0.05) is 91.0 Å². The van der Waals surface area contributed by atoms with Crippen LogP contribution >= 0.6 is 17.4 Å². The van der Waals surface area contributed by atoms with E-state index in [1.54, 1.807) is 6.92 Å². The highest BCUT2D eigenvalue weighted by atomic mass is 31.1. The zero-order chi connectivity index (χ0) is 17.9. The van der Waals surface area contributed by atoms with Gasteiger partial charge in [0.1, 0.15) is 0 Å². The lowest BCUT2D eigenvalue weighted by Crippen LogP contribution is -2.20. The molecule has 0 saturated carbocycles. The maximum absolute atomic E-state index is 8.41. The van der Waals surface area contributed by atoms with Gasteiger partial charge in [-0.25, -0.2) is 0 Å². The maximum Gasteiger partial charge on any atom is 0.0759 e. The summed E-state index contributed by atoms with van der Waals surface area (Å²) in [5.41, 5.74) is 0. The number of hydrogen-bond acceptors (Lipinski definition) is 2. The summed E-state index contributed by atoms with van der Waals surface area (Å²) in [6.45, 7) is 2.06. The third-order valence-corrected chi connectivity index (χ3v) is 6.02. The molecular weight excluding hydrogens is 346 g/mol. The van der Waals surface area contributed by atoms with Gasteiger partial charge in [0, 0.05) is 9.47 Å². The molecular formula is C21H24O2P2. The van der Waals surface area contributed by atoms with E-state index in [9.17, 15) is 0 Å². The number of aliphatic hydroxyl groups excluding tert-OH is 1. The standard InChI is InChI=1S/C18H15P.C3H9O2P/c1-4-10-16(11-5-1)19(17-12-6-2-7-13-17)18-14-8-3-9-15-18;1-3(4)2-5-6/h1-15H;3-4H,2,6H2,1H3/t;3-/m.1/s1. The first-order valence-corrected chi connectivity index (χ1v) is 9.98. The first-order chi connectivity index (χ1) is 12.2. The lowest BCUT2D eigenvalue weighted by atomic mass is 10.4. The maximum atomic E-state index is 8.41. The van der Waals surface area contributed by atoms with E-state index < -0.39 is 7.92 Å². The molecule has 2 nitrogen and oxygen atoms in total. The van der Waals surface area contributed by atoms with Crippen LogP contribution in [0.3, 0.4) is 0 Å². The predicted molar refractivity (Wildman–Crippen MR) is 112 cm³/mol. The molecule has 3 aromatic rings. The van der Waals surface area contributed by atoms with Gasteiger partial charge in [-0.05, 0) is 30.8 Å². The van der Waals surface area contributed by atoms with E-state index >= 15 is 0 Å². The quantitative estimate of drug-likeness (QED) is 0.695. The van der Waals surface area contributed by atoms with Crippen LogP contribution in [0.1, 0.15) is 6.92 Å². The highest BCUT2D eigenvalue weighted by Crippen LogP contribution is 2.32. The fraction of sp³-hybridized carbons (Fsp3) is 0.143. The van der Waals surface area contributed by atoms with Crippen molar-refractivity contribution in [3.8, 4) is 0 Å². The minimum absolute atomic E-state index is 0.345.